The standard InChI is InChI=1S/C14H18IN3O3/c1-9(14(21)18(2)3)17-12(19)8-16-13(20)10-6-4-5-7-11(10)15/h4-7,9H,8H2,1-3H3,(H,16,20)(H,17,19). The fourth-order valence-electron chi connectivity index (χ4n) is 1.64. The summed E-state index contributed by atoms with van der Waals surface area (Å²) >= 11 is 2.06. The number of likely N-dealkylation sites (N-methyl/N-ethyl adjacent to an activating group) is 1. The summed E-state index contributed by atoms with van der Waals surface area (Å²) in [5.41, 5.74) is 0.517. The first-order valence-corrected chi connectivity index (χ1v) is 7.44. The normalized spacial score (nSPS) is 11.4. The predicted octanol–water partition coefficient (Wildman–Crippen LogP) is 0.614. The number of amides is 3. The van der Waals surface area contributed by atoms with Crippen LogP contribution >= 0.6 is 22.6 Å². The number of rotatable bonds is 5. The molecule has 114 valence electrons. The van der Waals surface area contributed by atoms with Crippen molar-refractivity contribution in [3.63, 3.8) is 0 Å². The van der Waals surface area contributed by atoms with Gasteiger partial charge in [-0.3, -0.25) is 14.4 Å². The molecule has 3 amide bonds. The van der Waals surface area contributed by atoms with Gasteiger partial charge in [0.05, 0.1) is 12.1 Å². The Kier molecular flexibility index (Phi) is 6.60. The van der Waals surface area contributed by atoms with Crippen molar-refractivity contribution < 1.29 is 14.4 Å². The zero-order chi connectivity index (χ0) is 16.0. The van der Waals surface area contributed by atoms with Crippen molar-refractivity contribution in [2.45, 2.75) is 13.0 Å². The zero-order valence-electron chi connectivity index (χ0n) is 12.1. The monoisotopic (exact) mass is 403 g/mol. The number of benzene rings is 1. The number of halogens is 1. The van der Waals surface area contributed by atoms with Crippen LogP contribution in [0.5, 0.6) is 0 Å². The van der Waals surface area contributed by atoms with Gasteiger partial charge in [-0.25, -0.2) is 0 Å². The molecule has 1 aromatic rings. The van der Waals surface area contributed by atoms with E-state index < -0.39 is 11.9 Å². The first kappa shape index (κ1) is 17.4. The molecule has 1 rings (SSSR count). The van der Waals surface area contributed by atoms with Gasteiger partial charge in [-0.05, 0) is 41.6 Å². The van der Waals surface area contributed by atoms with Crippen LogP contribution in [0.4, 0.5) is 0 Å². The number of hydrogen-bond donors (Lipinski definition) is 2. The SMILES string of the molecule is CC(NC(=O)CNC(=O)c1ccccc1I)C(=O)N(C)C. The largest absolute Gasteiger partial charge is 0.347 e. The molecule has 1 unspecified atom stereocenters. The summed E-state index contributed by atoms with van der Waals surface area (Å²) in [7, 11) is 3.23. The van der Waals surface area contributed by atoms with E-state index in [1.807, 2.05) is 12.1 Å². The van der Waals surface area contributed by atoms with E-state index in [1.54, 1.807) is 33.2 Å². The van der Waals surface area contributed by atoms with Crippen LogP contribution in [0.1, 0.15) is 17.3 Å². The van der Waals surface area contributed by atoms with E-state index in [-0.39, 0.29) is 18.4 Å². The van der Waals surface area contributed by atoms with Crippen LogP contribution < -0.4 is 10.6 Å². The Labute approximate surface area is 137 Å². The Morgan fingerprint density at radius 2 is 1.86 bits per heavy atom. The first-order chi connectivity index (χ1) is 9.82. The molecule has 0 aliphatic heterocycles. The minimum absolute atomic E-state index is 0.172. The summed E-state index contributed by atoms with van der Waals surface area (Å²) in [6.45, 7) is 1.43. The molecule has 0 fully saturated rings. The minimum Gasteiger partial charge on any atom is -0.347 e. The summed E-state index contributed by atoms with van der Waals surface area (Å²) in [5, 5.41) is 5.07. The smallest absolute Gasteiger partial charge is 0.252 e. The van der Waals surface area contributed by atoms with Crippen LogP contribution in [0.2, 0.25) is 0 Å². The highest BCUT2D eigenvalue weighted by molar-refractivity contribution is 14.1. The molecule has 0 radical (unpaired) electrons. The van der Waals surface area contributed by atoms with E-state index in [9.17, 15) is 14.4 Å². The lowest BCUT2D eigenvalue weighted by molar-refractivity contribution is -0.133. The highest BCUT2D eigenvalue weighted by atomic mass is 127. The molecule has 0 aromatic heterocycles. The third kappa shape index (κ3) is 5.33. The number of hydrogen-bond acceptors (Lipinski definition) is 3. The maximum Gasteiger partial charge on any atom is 0.252 e. The fraction of sp³-hybridized carbons (Fsp3) is 0.357. The van der Waals surface area contributed by atoms with Crippen LogP contribution in [0.3, 0.4) is 0 Å². The molecule has 6 nitrogen and oxygen atoms in total. The second-order valence-electron chi connectivity index (χ2n) is 4.68. The summed E-state index contributed by atoms with van der Waals surface area (Å²) in [6, 6.07) is 6.47. The van der Waals surface area contributed by atoms with E-state index in [0.29, 0.717) is 5.56 Å². The number of nitrogens with one attached hydrogen (secondary N) is 2. The fourth-order valence-corrected chi connectivity index (χ4v) is 2.28. The quantitative estimate of drug-likeness (QED) is 0.708. The van der Waals surface area contributed by atoms with E-state index in [1.165, 1.54) is 4.90 Å². The van der Waals surface area contributed by atoms with Gasteiger partial charge in [0.25, 0.3) is 5.91 Å². The maximum absolute atomic E-state index is 11.9. The van der Waals surface area contributed by atoms with Gasteiger partial charge in [-0.15, -0.1) is 0 Å². The molecule has 2 N–H and O–H groups in total. The molecular weight excluding hydrogens is 385 g/mol. The third-order valence-electron chi connectivity index (χ3n) is 2.72. The number of nitrogens with zero attached hydrogens (tertiary/aromatic N) is 1. The van der Waals surface area contributed by atoms with E-state index in [2.05, 4.69) is 33.2 Å². The highest BCUT2D eigenvalue weighted by Crippen LogP contribution is 2.10. The van der Waals surface area contributed by atoms with Crippen LogP contribution in [0, 0.1) is 3.57 Å². The Hall–Kier alpha value is -1.64. The topological polar surface area (TPSA) is 78.5 Å². The molecule has 0 aliphatic rings. The molecule has 0 saturated heterocycles. The molecule has 1 atom stereocenters. The first-order valence-electron chi connectivity index (χ1n) is 6.36. The zero-order valence-corrected chi connectivity index (χ0v) is 14.3. The van der Waals surface area contributed by atoms with Gasteiger partial charge in [0.1, 0.15) is 6.04 Å². The van der Waals surface area contributed by atoms with E-state index >= 15 is 0 Å². The molecule has 0 aliphatic carbocycles. The van der Waals surface area contributed by atoms with Crippen LogP contribution in [-0.4, -0.2) is 49.3 Å². The van der Waals surface area contributed by atoms with Gasteiger partial charge >= 0.3 is 0 Å². The van der Waals surface area contributed by atoms with E-state index in [4.69, 9.17) is 0 Å². The van der Waals surface area contributed by atoms with E-state index in [0.717, 1.165) is 3.57 Å². The number of carbonyl (C=O) groups excluding carboxylic acids is 3. The lowest BCUT2D eigenvalue weighted by atomic mass is 10.2. The molecule has 0 saturated carbocycles. The summed E-state index contributed by atoms with van der Waals surface area (Å²) in [4.78, 5) is 36.6. The van der Waals surface area contributed by atoms with Crippen molar-refractivity contribution in [3.8, 4) is 0 Å². The maximum atomic E-state index is 11.9. The highest BCUT2D eigenvalue weighted by Gasteiger charge is 2.17. The number of carbonyl (C=O) groups is 3. The molecular formula is C14H18IN3O3. The van der Waals surface area contributed by atoms with Gasteiger partial charge in [0, 0.05) is 17.7 Å². The Bertz CT molecular complexity index is 546. The molecule has 0 bridgehead atoms. The van der Waals surface area contributed by atoms with Gasteiger partial charge < -0.3 is 15.5 Å². The molecule has 0 heterocycles. The van der Waals surface area contributed by atoms with Gasteiger partial charge in [0.15, 0.2) is 0 Å². The Morgan fingerprint density at radius 3 is 2.43 bits per heavy atom. The van der Waals surface area contributed by atoms with Gasteiger partial charge in [-0.1, -0.05) is 12.1 Å². The average Bonchev–Trinajstić information content (AvgIpc) is 2.44. The van der Waals surface area contributed by atoms with Crippen LogP contribution in [0.15, 0.2) is 24.3 Å². The summed E-state index contributed by atoms with van der Waals surface area (Å²) < 4.78 is 0.809. The Morgan fingerprint density at radius 1 is 1.24 bits per heavy atom. The van der Waals surface area contributed by atoms with Crippen molar-refractivity contribution in [3.05, 3.63) is 33.4 Å². The minimum atomic E-state index is -0.624. The average molecular weight is 403 g/mol. The van der Waals surface area contributed by atoms with Crippen LogP contribution in [-0.2, 0) is 9.59 Å². The second-order valence-corrected chi connectivity index (χ2v) is 5.85. The van der Waals surface area contributed by atoms with Crippen LogP contribution in [0.25, 0.3) is 0 Å². The Balaban J connectivity index is 2.49. The van der Waals surface area contributed by atoms with Crippen molar-refractivity contribution in [2.75, 3.05) is 20.6 Å². The summed E-state index contributed by atoms with van der Waals surface area (Å²) in [5.74, 6) is -0.925. The van der Waals surface area contributed by atoms with Crippen molar-refractivity contribution in [1.82, 2.24) is 15.5 Å². The third-order valence-corrected chi connectivity index (χ3v) is 3.66. The van der Waals surface area contributed by atoms with Gasteiger partial charge in [0.2, 0.25) is 11.8 Å². The van der Waals surface area contributed by atoms with Crippen molar-refractivity contribution in [2.24, 2.45) is 0 Å². The lowest BCUT2D eigenvalue weighted by Crippen LogP contribution is -2.47. The molecule has 0 spiro atoms. The summed E-state index contributed by atoms with van der Waals surface area (Å²) in [6.07, 6.45) is 0. The second kappa shape index (κ2) is 7.96. The van der Waals surface area contributed by atoms with Crippen molar-refractivity contribution in [1.29, 1.82) is 0 Å². The molecule has 1 aromatic carbocycles. The molecule has 7 heteroatoms. The van der Waals surface area contributed by atoms with Crippen molar-refractivity contribution >= 4 is 40.3 Å². The molecule has 21 heavy (non-hydrogen) atoms. The van der Waals surface area contributed by atoms with Gasteiger partial charge in [-0.2, -0.15) is 0 Å². The predicted molar refractivity (Wildman–Crippen MR) is 87.8 cm³/mol. The lowest BCUT2D eigenvalue weighted by Gasteiger charge is -2.18.